The third-order valence-corrected chi connectivity index (χ3v) is 5.56. The first-order valence-electron chi connectivity index (χ1n) is 9.01. The first-order valence-corrected chi connectivity index (χ1v) is 10.2. The van der Waals surface area contributed by atoms with Gasteiger partial charge in [0.15, 0.2) is 5.75 Å². The lowest BCUT2D eigenvalue weighted by Gasteiger charge is -2.19. The van der Waals surface area contributed by atoms with Crippen LogP contribution in [0.3, 0.4) is 0 Å². The molecule has 0 spiro atoms. The minimum absolute atomic E-state index is 0.194. The predicted molar refractivity (Wildman–Crippen MR) is 114 cm³/mol. The van der Waals surface area contributed by atoms with Gasteiger partial charge in [0.05, 0.1) is 17.7 Å². The van der Waals surface area contributed by atoms with Crippen LogP contribution < -0.4 is 20.3 Å². The fraction of sp³-hybridized carbons (Fsp3) is 0.190. The first-order chi connectivity index (χ1) is 13.9. The van der Waals surface area contributed by atoms with Crippen molar-refractivity contribution in [1.29, 1.82) is 0 Å². The highest BCUT2D eigenvalue weighted by atomic mass is 32.2. The highest BCUT2D eigenvalue weighted by Gasteiger charge is 2.19. The maximum Gasteiger partial charge on any atom is 0.255 e. The summed E-state index contributed by atoms with van der Waals surface area (Å²) in [5.41, 5.74) is 0.983. The van der Waals surface area contributed by atoms with Crippen molar-refractivity contribution < 1.29 is 13.3 Å². The molecule has 29 heavy (non-hydrogen) atoms. The minimum Gasteiger partial charge on any atom is -0.494 e. The summed E-state index contributed by atoms with van der Waals surface area (Å²) in [6.45, 7) is 1.94. The second-order valence-corrected chi connectivity index (χ2v) is 7.52. The molecule has 2 N–H and O–H groups in total. The summed E-state index contributed by atoms with van der Waals surface area (Å²) in [5.74, 6) is -0.0120. The van der Waals surface area contributed by atoms with Gasteiger partial charge in [-0.15, -0.1) is 0 Å². The smallest absolute Gasteiger partial charge is 0.255 e. The van der Waals surface area contributed by atoms with E-state index in [2.05, 4.69) is 10.0 Å². The largest absolute Gasteiger partial charge is 0.494 e. The lowest BCUT2D eigenvalue weighted by atomic mass is 10.1. The average molecular weight is 415 g/mol. The van der Waals surface area contributed by atoms with Crippen LogP contribution in [0.4, 0.5) is 21.6 Å². The van der Waals surface area contributed by atoms with Crippen molar-refractivity contribution in [2.45, 2.75) is 18.2 Å². The predicted octanol–water partition coefficient (Wildman–Crippen LogP) is 3.97. The molecule has 8 heteroatoms. The van der Waals surface area contributed by atoms with Gasteiger partial charge in [0.2, 0.25) is 0 Å². The van der Waals surface area contributed by atoms with Crippen LogP contribution >= 0.6 is 0 Å². The standard InChI is InChI=1S/C21H22FN3O3S/c1-4-14-10-11-17(16(22)12-14)23-21-20(18(28-3)13-19(26)25(21)2)24-29(27)15-8-6-5-7-9-15/h5-13,23-24H,4H2,1-3H3. The van der Waals surface area contributed by atoms with Crippen molar-refractivity contribution in [2.24, 2.45) is 7.05 Å². The van der Waals surface area contributed by atoms with Gasteiger partial charge in [-0.25, -0.2) is 8.60 Å². The molecule has 152 valence electrons. The second-order valence-electron chi connectivity index (χ2n) is 6.31. The fourth-order valence-corrected chi connectivity index (χ4v) is 3.69. The molecule has 0 radical (unpaired) electrons. The van der Waals surface area contributed by atoms with E-state index in [-0.39, 0.29) is 28.5 Å². The van der Waals surface area contributed by atoms with Crippen molar-refractivity contribution in [2.75, 3.05) is 17.1 Å². The lowest BCUT2D eigenvalue weighted by molar-refractivity contribution is 0.415. The third kappa shape index (κ3) is 4.48. The molecule has 1 aromatic heterocycles. The van der Waals surface area contributed by atoms with Crippen LogP contribution in [0.25, 0.3) is 0 Å². The van der Waals surface area contributed by atoms with Crippen LogP contribution in [0.2, 0.25) is 0 Å². The van der Waals surface area contributed by atoms with Gasteiger partial charge in [-0.3, -0.25) is 14.1 Å². The Morgan fingerprint density at radius 1 is 1.14 bits per heavy atom. The molecular weight excluding hydrogens is 393 g/mol. The number of hydrogen-bond donors (Lipinski definition) is 2. The topological polar surface area (TPSA) is 72.4 Å². The lowest BCUT2D eigenvalue weighted by Crippen LogP contribution is -2.22. The van der Waals surface area contributed by atoms with Crippen molar-refractivity contribution in [3.05, 3.63) is 76.3 Å². The molecule has 0 bridgehead atoms. The number of benzene rings is 2. The Bertz CT molecular complexity index is 1100. The Kier molecular flexibility index (Phi) is 6.33. The summed E-state index contributed by atoms with van der Waals surface area (Å²) >= 11 is 0. The van der Waals surface area contributed by atoms with Gasteiger partial charge in [0, 0.05) is 13.1 Å². The molecule has 0 saturated carbocycles. The Morgan fingerprint density at radius 2 is 1.86 bits per heavy atom. The van der Waals surface area contributed by atoms with Crippen molar-refractivity contribution in [3.8, 4) is 5.75 Å². The molecule has 2 aromatic carbocycles. The summed E-state index contributed by atoms with van der Waals surface area (Å²) in [5, 5.41) is 2.94. The van der Waals surface area contributed by atoms with Crippen LogP contribution in [0.15, 0.2) is 64.3 Å². The summed E-state index contributed by atoms with van der Waals surface area (Å²) < 4.78 is 36.8. The zero-order chi connectivity index (χ0) is 21.0. The van der Waals surface area contributed by atoms with E-state index in [9.17, 15) is 13.4 Å². The molecular formula is C21H22FN3O3S. The number of nitrogens with one attached hydrogen (secondary N) is 2. The molecule has 0 fully saturated rings. The molecule has 1 unspecified atom stereocenters. The van der Waals surface area contributed by atoms with Crippen molar-refractivity contribution in [3.63, 3.8) is 0 Å². The monoisotopic (exact) mass is 415 g/mol. The second kappa shape index (κ2) is 8.91. The van der Waals surface area contributed by atoms with E-state index in [0.29, 0.717) is 11.3 Å². The van der Waals surface area contributed by atoms with Crippen LogP contribution in [-0.4, -0.2) is 15.9 Å². The molecule has 6 nitrogen and oxygen atoms in total. The molecule has 3 aromatic rings. The van der Waals surface area contributed by atoms with E-state index in [1.807, 2.05) is 13.0 Å². The highest BCUT2D eigenvalue weighted by molar-refractivity contribution is 7.86. The summed E-state index contributed by atoms with van der Waals surface area (Å²) in [6.07, 6.45) is 0.706. The van der Waals surface area contributed by atoms with Crippen LogP contribution in [0.5, 0.6) is 5.75 Å². The Balaban J connectivity index is 2.06. The van der Waals surface area contributed by atoms with Gasteiger partial charge in [0.1, 0.15) is 28.3 Å². The number of hydrogen-bond acceptors (Lipinski definition) is 4. The van der Waals surface area contributed by atoms with Crippen LogP contribution in [0.1, 0.15) is 12.5 Å². The minimum atomic E-state index is -1.62. The Hall–Kier alpha value is -3.13. The molecule has 0 amide bonds. The molecule has 3 rings (SSSR count). The van der Waals surface area contributed by atoms with E-state index in [1.165, 1.54) is 23.8 Å². The number of aryl methyl sites for hydroxylation is 1. The summed E-state index contributed by atoms with van der Waals surface area (Å²) in [7, 11) is 1.33. The normalized spacial score (nSPS) is 11.7. The van der Waals surface area contributed by atoms with Gasteiger partial charge in [-0.2, -0.15) is 0 Å². The quantitative estimate of drug-likeness (QED) is 0.612. The summed E-state index contributed by atoms with van der Waals surface area (Å²) in [6, 6.07) is 14.9. The van der Waals surface area contributed by atoms with E-state index in [4.69, 9.17) is 4.74 Å². The summed E-state index contributed by atoms with van der Waals surface area (Å²) in [4.78, 5) is 12.9. The molecule has 0 aliphatic rings. The molecule has 1 heterocycles. The molecule has 1 atom stereocenters. The van der Waals surface area contributed by atoms with Crippen molar-refractivity contribution in [1.82, 2.24) is 4.57 Å². The van der Waals surface area contributed by atoms with E-state index < -0.39 is 16.8 Å². The number of rotatable bonds is 7. The third-order valence-electron chi connectivity index (χ3n) is 4.47. The van der Waals surface area contributed by atoms with Crippen LogP contribution in [-0.2, 0) is 24.5 Å². The number of anilines is 3. The molecule has 0 aliphatic heterocycles. The Morgan fingerprint density at radius 3 is 2.48 bits per heavy atom. The molecule has 0 saturated heterocycles. The van der Waals surface area contributed by atoms with E-state index >= 15 is 0 Å². The number of methoxy groups -OCH3 is 1. The average Bonchev–Trinajstić information content (AvgIpc) is 2.74. The van der Waals surface area contributed by atoms with Gasteiger partial charge < -0.3 is 10.1 Å². The number of pyridine rings is 1. The number of nitrogens with zero attached hydrogens (tertiary/aromatic N) is 1. The van der Waals surface area contributed by atoms with Crippen LogP contribution in [0, 0.1) is 5.82 Å². The van der Waals surface area contributed by atoms with Gasteiger partial charge in [0.25, 0.3) is 5.56 Å². The van der Waals surface area contributed by atoms with E-state index in [1.54, 1.807) is 43.4 Å². The Labute approximate surface area is 170 Å². The van der Waals surface area contributed by atoms with Gasteiger partial charge in [-0.1, -0.05) is 31.2 Å². The molecule has 0 aliphatic carbocycles. The number of ether oxygens (including phenoxy) is 1. The van der Waals surface area contributed by atoms with E-state index in [0.717, 1.165) is 5.56 Å². The zero-order valence-corrected chi connectivity index (χ0v) is 17.2. The number of halogens is 1. The zero-order valence-electron chi connectivity index (χ0n) is 16.4. The van der Waals surface area contributed by atoms with Crippen molar-refractivity contribution >= 4 is 28.2 Å². The maximum atomic E-state index is 14.5. The van der Waals surface area contributed by atoms with Gasteiger partial charge in [-0.05, 0) is 36.2 Å². The SMILES string of the molecule is CCc1ccc(Nc2c(NS(=O)c3ccccc3)c(OC)cc(=O)n2C)c(F)c1. The number of aromatic nitrogens is 1. The maximum absolute atomic E-state index is 14.5. The van der Waals surface area contributed by atoms with Gasteiger partial charge >= 0.3 is 0 Å². The highest BCUT2D eigenvalue weighted by Crippen LogP contribution is 2.34. The fourth-order valence-electron chi connectivity index (χ4n) is 2.78. The first kappa shape index (κ1) is 20.6.